The topological polar surface area (TPSA) is 59.6 Å². The van der Waals surface area contributed by atoms with E-state index in [4.69, 9.17) is 22.1 Å². The van der Waals surface area contributed by atoms with Gasteiger partial charge in [0, 0.05) is 16.9 Å². The monoisotopic (exact) mass is 217 g/mol. The zero-order valence-corrected chi connectivity index (χ0v) is 8.84. The van der Waals surface area contributed by atoms with Gasteiger partial charge in [0.1, 0.15) is 17.7 Å². The molecule has 1 aromatic carbocycles. The van der Waals surface area contributed by atoms with Crippen molar-refractivity contribution in [3.8, 4) is 12.1 Å². The Morgan fingerprint density at radius 1 is 1.40 bits per heavy atom. The number of anilines is 1. The smallest absolute Gasteiger partial charge is 0.145 e. The summed E-state index contributed by atoms with van der Waals surface area (Å²) in [4.78, 5) is 0. The maximum atomic E-state index is 8.52. The maximum absolute atomic E-state index is 8.52. The zero-order valence-electron chi connectivity index (χ0n) is 8.08. The fourth-order valence-corrected chi connectivity index (χ4v) is 1.18. The fraction of sp³-hybridized carbons (Fsp3) is 0.0909. The highest BCUT2D eigenvalue weighted by molar-refractivity contribution is 6.31. The second-order valence-corrected chi connectivity index (χ2v) is 3.25. The lowest BCUT2D eigenvalue weighted by Gasteiger charge is -2.06. The van der Waals surface area contributed by atoms with Crippen LogP contribution in [0.1, 0.15) is 5.56 Å². The molecule has 4 heteroatoms. The number of hydrogen-bond acceptors (Lipinski definition) is 3. The van der Waals surface area contributed by atoms with Crippen LogP contribution in [-0.4, -0.2) is 0 Å². The Labute approximate surface area is 93.2 Å². The highest BCUT2D eigenvalue weighted by Gasteiger charge is 2.00. The normalized spacial score (nSPS) is 8.53. The summed E-state index contributed by atoms with van der Waals surface area (Å²) in [5.74, 6) is 0. The van der Waals surface area contributed by atoms with Crippen LogP contribution in [0.25, 0.3) is 0 Å². The van der Waals surface area contributed by atoms with Crippen molar-refractivity contribution >= 4 is 17.3 Å². The standard InChI is InChI=1S/C11H8ClN3/c1-8-10(12)3-2-4-11(8)15-7-9(5-13)6-14/h2-4,7,15H,1H3. The van der Waals surface area contributed by atoms with E-state index in [1.165, 1.54) is 6.20 Å². The molecule has 0 aromatic heterocycles. The van der Waals surface area contributed by atoms with E-state index in [0.29, 0.717) is 5.02 Å². The number of nitrogens with one attached hydrogen (secondary N) is 1. The van der Waals surface area contributed by atoms with Crippen molar-refractivity contribution in [2.45, 2.75) is 6.92 Å². The van der Waals surface area contributed by atoms with Crippen LogP contribution >= 0.6 is 11.6 Å². The minimum atomic E-state index is 0.0226. The Hall–Kier alpha value is -1.97. The first-order chi connectivity index (χ1) is 7.19. The molecule has 3 nitrogen and oxygen atoms in total. The van der Waals surface area contributed by atoms with Gasteiger partial charge in [-0.05, 0) is 24.6 Å². The third-order valence-electron chi connectivity index (χ3n) is 1.88. The number of hydrogen-bond donors (Lipinski definition) is 1. The van der Waals surface area contributed by atoms with Crippen molar-refractivity contribution < 1.29 is 0 Å². The third-order valence-corrected chi connectivity index (χ3v) is 2.29. The summed E-state index contributed by atoms with van der Waals surface area (Å²) in [6.45, 7) is 1.86. The summed E-state index contributed by atoms with van der Waals surface area (Å²) < 4.78 is 0. The number of nitriles is 2. The maximum Gasteiger partial charge on any atom is 0.145 e. The van der Waals surface area contributed by atoms with E-state index >= 15 is 0 Å². The van der Waals surface area contributed by atoms with Crippen LogP contribution in [0.4, 0.5) is 5.69 Å². The van der Waals surface area contributed by atoms with Gasteiger partial charge in [0.25, 0.3) is 0 Å². The van der Waals surface area contributed by atoms with Gasteiger partial charge in [-0.3, -0.25) is 0 Å². The second-order valence-electron chi connectivity index (χ2n) is 2.84. The van der Waals surface area contributed by atoms with E-state index in [2.05, 4.69) is 5.32 Å². The molecule has 1 aromatic rings. The molecule has 74 valence electrons. The van der Waals surface area contributed by atoms with Crippen LogP contribution in [0, 0.1) is 29.6 Å². The van der Waals surface area contributed by atoms with Gasteiger partial charge in [-0.15, -0.1) is 0 Å². The molecule has 0 heterocycles. The molecule has 0 spiro atoms. The Kier molecular flexibility index (Phi) is 3.74. The molecule has 1 N–H and O–H groups in total. The third kappa shape index (κ3) is 2.74. The van der Waals surface area contributed by atoms with Gasteiger partial charge in [0.15, 0.2) is 0 Å². The van der Waals surface area contributed by atoms with Crippen molar-refractivity contribution in [3.05, 3.63) is 40.6 Å². The molecule has 1 rings (SSSR count). The lowest BCUT2D eigenvalue weighted by molar-refractivity contribution is 1.41. The summed E-state index contributed by atoms with van der Waals surface area (Å²) in [5, 5.41) is 20.5. The first kappa shape index (κ1) is 11.1. The molecule has 0 amide bonds. The summed E-state index contributed by atoms with van der Waals surface area (Å²) >= 11 is 5.91. The summed E-state index contributed by atoms with van der Waals surface area (Å²) in [6, 6.07) is 8.92. The minimum Gasteiger partial charge on any atom is -0.360 e. The first-order valence-electron chi connectivity index (χ1n) is 4.21. The van der Waals surface area contributed by atoms with E-state index in [1.807, 2.05) is 13.0 Å². The molecule has 0 saturated heterocycles. The van der Waals surface area contributed by atoms with Crippen LogP contribution in [0.2, 0.25) is 5.02 Å². The van der Waals surface area contributed by atoms with Gasteiger partial charge in [0.2, 0.25) is 0 Å². The predicted molar refractivity (Wildman–Crippen MR) is 59.1 cm³/mol. The number of benzene rings is 1. The molecule has 0 atom stereocenters. The number of allylic oxidation sites excluding steroid dienone is 1. The van der Waals surface area contributed by atoms with Crippen molar-refractivity contribution in [3.63, 3.8) is 0 Å². The molecule has 0 radical (unpaired) electrons. The van der Waals surface area contributed by atoms with Crippen LogP contribution < -0.4 is 5.32 Å². The first-order valence-corrected chi connectivity index (χ1v) is 4.59. The average molecular weight is 218 g/mol. The van der Waals surface area contributed by atoms with Crippen molar-refractivity contribution in [1.82, 2.24) is 0 Å². The quantitative estimate of drug-likeness (QED) is 0.775. The Bertz CT molecular complexity index is 462. The Morgan fingerprint density at radius 2 is 2.07 bits per heavy atom. The van der Waals surface area contributed by atoms with Crippen molar-refractivity contribution in [2.24, 2.45) is 0 Å². The van der Waals surface area contributed by atoms with Gasteiger partial charge in [-0.1, -0.05) is 17.7 Å². The lowest BCUT2D eigenvalue weighted by atomic mass is 10.2. The summed E-state index contributed by atoms with van der Waals surface area (Å²) in [5.41, 5.74) is 1.69. The van der Waals surface area contributed by atoms with Gasteiger partial charge in [-0.2, -0.15) is 10.5 Å². The summed E-state index contributed by atoms with van der Waals surface area (Å²) in [6.07, 6.45) is 1.36. The van der Waals surface area contributed by atoms with Gasteiger partial charge in [0.05, 0.1) is 0 Å². The van der Waals surface area contributed by atoms with E-state index < -0.39 is 0 Å². The molecule has 0 aliphatic carbocycles. The molecule has 0 bridgehead atoms. The highest BCUT2D eigenvalue weighted by atomic mass is 35.5. The Balaban J connectivity index is 2.93. The van der Waals surface area contributed by atoms with Crippen molar-refractivity contribution in [1.29, 1.82) is 10.5 Å². The van der Waals surface area contributed by atoms with Gasteiger partial charge >= 0.3 is 0 Å². The summed E-state index contributed by atoms with van der Waals surface area (Å²) in [7, 11) is 0. The van der Waals surface area contributed by atoms with E-state index in [0.717, 1.165) is 11.3 Å². The molecule has 0 aliphatic heterocycles. The molecule has 15 heavy (non-hydrogen) atoms. The Morgan fingerprint density at radius 3 is 2.67 bits per heavy atom. The van der Waals surface area contributed by atoms with Gasteiger partial charge < -0.3 is 5.32 Å². The van der Waals surface area contributed by atoms with Crippen LogP contribution in [-0.2, 0) is 0 Å². The average Bonchev–Trinajstić information content (AvgIpc) is 2.25. The van der Waals surface area contributed by atoms with Crippen molar-refractivity contribution in [2.75, 3.05) is 5.32 Å². The minimum absolute atomic E-state index is 0.0226. The molecule has 0 unspecified atom stereocenters. The molecular weight excluding hydrogens is 210 g/mol. The second kappa shape index (κ2) is 5.05. The number of halogens is 1. The predicted octanol–water partition coefficient (Wildman–Crippen LogP) is 2.99. The largest absolute Gasteiger partial charge is 0.360 e. The zero-order chi connectivity index (χ0) is 11.3. The van der Waals surface area contributed by atoms with Crippen LogP contribution in [0.3, 0.4) is 0 Å². The highest BCUT2D eigenvalue weighted by Crippen LogP contribution is 2.22. The molecule has 0 aliphatic rings. The fourth-order valence-electron chi connectivity index (χ4n) is 1.00. The number of rotatable bonds is 2. The van der Waals surface area contributed by atoms with E-state index in [1.54, 1.807) is 24.3 Å². The number of nitrogens with zero attached hydrogens (tertiary/aromatic N) is 2. The molecule has 0 fully saturated rings. The lowest BCUT2D eigenvalue weighted by Crippen LogP contribution is -1.92. The molecular formula is C11H8ClN3. The molecule has 0 saturated carbocycles. The van der Waals surface area contributed by atoms with Crippen LogP contribution in [0.5, 0.6) is 0 Å². The van der Waals surface area contributed by atoms with E-state index in [-0.39, 0.29) is 5.57 Å². The van der Waals surface area contributed by atoms with E-state index in [9.17, 15) is 0 Å². The van der Waals surface area contributed by atoms with Gasteiger partial charge in [-0.25, -0.2) is 0 Å². The SMILES string of the molecule is Cc1c(Cl)cccc1NC=C(C#N)C#N. The van der Waals surface area contributed by atoms with Crippen LogP contribution in [0.15, 0.2) is 30.0 Å².